The number of imidazole rings is 1. The largest absolute Gasteiger partial charge is 0.504 e. The van der Waals surface area contributed by atoms with Crippen molar-refractivity contribution in [2.75, 3.05) is 13.1 Å². The number of carbonyl (C=O) groups is 1. The summed E-state index contributed by atoms with van der Waals surface area (Å²) in [6.07, 6.45) is 6.62. The molecule has 0 saturated heterocycles. The highest BCUT2D eigenvalue weighted by atomic mass is 16.3. The molecule has 2 aromatic rings. The van der Waals surface area contributed by atoms with Crippen LogP contribution in [0.5, 0.6) is 5.75 Å². The maximum atomic E-state index is 12.3. The van der Waals surface area contributed by atoms with E-state index in [-0.39, 0.29) is 17.4 Å². The number of rotatable bonds is 5. The van der Waals surface area contributed by atoms with Gasteiger partial charge in [-0.15, -0.1) is 13.2 Å². The van der Waals surface area contributed by atoms with Crippen molar-refractivity contribution in [2.24, 2.45) is 0 Å². The van der Waals surface area contributed by atoms with Crippen molar-refractivity contribution in [3.05, 3.63) is 55.5 Å². The molecule has 0 aliphatic heterocycles. The van der Waals surface area contributed by atoms with Gasteiger partial charge in [-0.25, -0.2) is 4.98 Å². The molecule has 0 aliphatic carbocycles. The van der Waals surface area contributed by atoms with Gasteiger partial charge in [-0.2, -0.15) is 0 Å². The summed E-state index contributed by atoms with van der Waals surface area (Å²) in [6, 6.07) is 3.21. The summed E-state index contributed by atoms with van der Waals surface area (Å²) in [5.41, 5.74) is 0.646. The predicted octanol–water partition coefficient (Wildman–Crippen LogP) is 1.85. The molecule has 5 heteroatoms. The van der Waals surface area contributed by atoms with Gasteiger partial charge >= 0.3 is 0 Å². The van der Waals surface area contributed by atoms with Gasteiger partial charge in [-0.1, -0.05) is 12.2 Å². The van der Waals surface area contributed by atoms with Crippen LogP contribution in [0.2, 0.25) is 0 Å². The molecule has 0 bridgehead atoms. The molecular formula is C14H15N3O2. The SMILES string of the molecule is C=CCN(CC=C)C(=O)c1cn2cccc(O)c2n1. The minimum atomic E-state index is -0.220. The van der Waals surface area contributed by atoms with Gasteiger partial charge in [0.15, 0.2) is 11.4 Å². The molecule has 0 unspecified atom stereocenters. The van der Waals surface area contributed by atoms with Crippen molar-refractivity contribution in [3.63, 3.8) is 0 Å². The number of pyridine rings is 1. The Labute approximate surface area is 111 Å². The maximum absolute atomic E-state index is 12.3. The van der Waals surface area contributed by atoms with Gasteiger partial charge in [0.1, 0.15) is 5.69 Å². The molecule has 0 radical (unpaired) electrons. The standard InChI is InChI=1S/C14H15N3O2/c1-3-7-16(8-4-2)14(19)11-10-17-9-5-6-12(18)13(17)15-11/h3-6,9-10,18H,1-2,7-8H2. The van der Waals surface area contributed by atoms with Gasteiger partial charge in [0.05, 0.1) is 0 Å². The van der Waals surface area contributed by atoms with E-state index >= 15 is 0 Å². The van der Waals surface area contributed by atoms with E-state index in [9.17, 15) is 9.90 Å². The van der Waals surface area contributed by atoms with E-state index in [1.807, 2.05) is 0 Å². The highest BCUT2D eigenvalue weighted by molar-refractivity contribution is 5.93. The lowest BCUT2D eigenvalue weighted by Gasteiger charge is -2.17. The van der Waals surface area contributed by atoms with Crippen molar-refractivity contribution < 1.29 is 9.90 Å². The smallest absolute Gasteiger partial charge is 0.274 e. The quantitative estimate of drug-likeness (QED) is 0.832. The lowest BCUT2D eigenvalue weighted by atomic mass is 10.3. The Hall–Kier alpha value is -2.56. The summed E-state index contributed by atoms with van der Waals surface area (Å²) >= 11 is 0. The van der Waals surface area contributed by atoms with Crippen LogP contribution in [-0.2, 0) is 0 Å². The fourth-order valence-electron chi connectivity index (χ4n) is 1.82. The highest BCUT2D eigenvalue weighted by Crippen LogP contribution is 2.17. The Kier molecular flexibility index (Phi) is 3.66. The molecule has 0 saturated carbocycles. The van der Waals surface area contributed by atoms with E-state index < -0.39 is 0 Å². The minimum absolute atomic E-state index is 0.0422. The predicted molar refractivity (Wildman–Crippen MR) is 73.2 cm³/mol. The average Bonchev–Trinajstić information content (AvgIpc) is 2.83. The van der Waals surface area contributed by atoms with Crippen LogP contribution in [0.1, 0.15) is 10.5 Å². The molecule has 2 rings (SSSR count). The average molecular weight is 257 g/mol. The Morgan fingerprint density at radius 2 is 2.11 bits per heavy atom. The van der Waals surface area contributed by atoms with Crippen molar-refractivity contribution >= 4 is 11.6 Å². The van der Waals surface area contributed by atoms with Gasteiger partial charge in [0.2, 0.25) is 0 Å². The van der Waals surface area contributed by atoms with Crippen LogP contribution in [0.15, 0.2) is 49.8 Å². The van der Waals surface area contributed by atoms with Gasteiger partial charge < -0.3 is 14.4 Å². The van der Waals surface area contributed by atoms with Crippen molar-refractivity contribution in [1.82, 2.24) is 14.3 Å². The fraction of sp³-hybridized carbons (Fsp3) is 0.143. The molecule has 0 aliphatic rings. The molecule has 0 atom stereocenters. The first-order chi connectivity index (χ1) is 9.17. The summed E-state index contributed by atoms with van der Waals surface area (Å²) in [4.78, 5) is 18.0. The van der Waals surface area contributed by atoms with Crippen LogP contribution in [0, 0.1) is 0 Å². The van der Waals surface area contributed by atoms with Gasteiger partial charge in [0.25, 0.3) is 5.91 Å². The van der Waals surface area contributed by atoms with Crippen LogP contribution in [0.25, 0.3) is 5.65 Å². The Morgan fingerprint density at radius 3 is 2.68 bits per heavy atom. The minimum Gasteiger partial charge on any atom is -0.504 e. The monoisotopic (exact) mass is 257 g/mol. The molecule has 0 spiro atoms. The summed E-state index contributed by atoms with van der Waals surface area (Å²) in [7, 11) is 0. The van der Waals surface area contributed by atoms with Crippen molar-refractivity contribution in [1.29, 1.82) is 0 Å². The van der Waals surface area contributed by atoms with Crippen LogP contribution in [0.3, 0.4) is 0 Å². The zero-order chi connectivity index (χ0) is 13.8. The molecular weight excluding hydrogens is 242 g/mol. The number of aromatic hydroxyl groups is 1. The van der Waals surface area contributed by atoms with Gasteiger partial charge in [0, 0.05) is 25.5 Å². The third-order valence-corrected chi connectivity index (χ3v) is 2.67. The van der Waals surface area contributed by atoms with Crippen LogP contribution >= 0.6 is 0 Å². The second-order valence-corrected chi connectivity index (χ2v) is 4.04. The first kappa shape index (κ1) is 12.9. The zero-order valence-electron chi connectivity index (χ0n) is 10.5. The Morgan fingerprint density at radius 1 is 1.42 bits per heavy atom. The van der Waals surface area contributed by atoms with E-state index in [4.69, 9.17) is 0 Å². The lowest BCUT2D eigenvalue weighted by Crippen LogP contribution is -2.31. The molecule has 1 amide bonds. The molecule has 1 N–H and O–H groups in total. The summed E-state index contributed by atoms with van der Waals surface area (Å²) in [6.45, 7) is 8.09. The molecule has 0 fully saturated rings. The topological polar surface area (TPSA) is 57.8 Å². The molecule has 98 valence electrons. The summed E-state index contributed by atoms with van der Waals surface area (Å²) in [5, 5.41) is 9.67. The second kappa shape index (κ2) is 5.39. The van der Waals surface area contributed by atoms with Gasteiger partial charge in [-0.3, -0.25) is 4.79 Å². The molecule has 5 nitrogen and oxygen atoms in total. The fourth-order valence-corrected chi connectivity index (χ4v) is 1.82. The normalized spacial score (nSPS) is 10.3. The van der Waals surface area contributed by atoms with E-state index in [1.54, 1.807) is 39.9 Å². The Bertz CT molecular complexity index is 621. The first-order valence-electron chi connectivity index (χ1n) is 5.85. The zero-order valence-corrected chi connectivity index (χ0v) is 10.5. The van der Waals surface area contributed by atoms with E-state index in [2.05, 4.69) is 18.1 Å². The number of fused-ring (bicyclic) bond motifs is 1. The third kappa shape index (κ3) is 2.49. The number of nitrogens with zero attached hydrogens (tertiary/aromatic N) is 3. The number of hydrogen-bond donors (Lipinski definition) is 1. The second-order valence-electron chi connectivity index (χ2n) is 4.04. The van der Waals surface area contributed by atoms with Crippen molar-refractivity contribution in [3.8, 4) is 5.75 Å². The van der Waals surface area contributed by atoms with Gasteiger partial charge in [-0.05, 0) is 12.1 Å². The highest BCUT2D eigenvalue weighted by Gasteiger charge is 2.17. The Balaban J connectivity index is 2.37. The molecule has 0 aromatic carbocycles. The number of amides is 1. The number of carbonyl (C=O) groups excluding carboxylic acids is 1. The van der Waals surface area contributed by atoms with Crippen molar-refractivity contribution in [2.45, 2.75) is 0 Å². The molecule has 2 aromatic heterocycles. The van der Waals surface area contributed by atoms with Crippen LogP contribution in [0.4, 0.5) is 0 Å². The summed E-state index contributed by atoms with van der Waals surface area (Å²) < 4.78 is 1.61. The number of aromatic nitrogens is 2. The molecule has 19 heavy (non-hydrogen) atoms. The van der Waals surface area contributed by atoms with E-state index in [0.29, 0.717) is 18.7 Å². The number of hydrogen-bond acceptors (Lipinski definition) is 3. The third-order valence-electron chi connectivity index (χ3n) is 2.67. The maximum Gasteiger partial charge on any atom is 0.274 e. The lowest BCUT2D eigenvalue weighted by molar-refractivity contribution is 0.0786. The molecule has 2 heterocycles. The summed E-state index contributed by atoms with van der Waals surface area (Å²) in [5.74, 6) is -0.177. The van der Waals surface area contributed by atoms with Crippen LogP contribution in [-0.4, -0.2) is 38.4 Å². The first-order valence-corrected chi connectivity index (χ1v) is 5.85. The van der Waals surface area contributed by atoms with Crippen LogP contribution < -0.4 is 0 Å². The van der Waals surface area contributed by atoms with E-state index in [1.165, 1.54) is 6.07 Å². The van der Waals surface area contributed by atoms with E-state index in [0.717, 1.165) is 0 Å².